The van der Waals surface area contributed by atoms with Crippen LogP contribution in [0.15, 0.2) is 73.3 Å². The summed E-state index contributed by atoms with van der Waals surface area (Å²) < 4.78 is 1.83. The molecule has 31 heavy (non-hydrogen) atoms. The maximum atomic E-state index is 12.4. The third-order valence-corrected chi connectivity index (χ3v) is 5.45. The number of imidazole rings is 1. The Morgan fingerprint density at radius 2 is 1.52 bits per heavy atom. The van der Waals surface area contributed by atoms with Gasteiger partial charge in [-0.05, 0) is 24.3 Å². The first-order chi connectivity index (χ1) is 15.3. The van der Waals surface area contributed by atoms with Crippen LogP contribution in [0.3, 0.4) is 0 Å². The van der Waals surface area contributed by atoms with Crippen LogP contribution in [0.5, 0.6) is 0 Å². The molecule has 8 heteroatoms. The molecule has 0 radical (unpaired) electrons. The SMILES string of the molecule is O=C(Cn1cnc2ccccc21)Nc1cnc(N2CCN(c3ccccc3)CC2)nc1. The molecule has 0 spiro atoms. The van der Waals surface area contributed by atoms with Crippen LogP contribution in [0.4, 0.5) is 17.3 Å². The summed E-state index contributed by atoms with van der Waals surface area (Å²) in [5.74, 6) is 0.544. The summed E-state index contributed by atoms with van der Waals surface area (Å²) in [5, 5.41) is 2.86. The number of para-hydroxylation sites is 3. The Kier molecular flexibility index (Phi) is 5.18. The Morgan fingerprint density at radius 3 is 2.29 bits per heavy atom. The summed E-state index contributed by atoms with van der Waals surface area (Å²) in [5.41, 5.74) is 3.63. The zero-order valence-electron chi connectivity index (χ0n) is 17.1. The number of fused-ring (bicyclic) bond motifs is 1. The monoisotopic (exact) mass is 413 g/mol. The summed E-state index contributed by atoms with van der Waals surface area (Å²) in [6.07, 6.45) is 5.00. The molecule has 0 bridgehead atoms. The van der Waals surface area contributed by atoms with Gasteiger partial charge in [-0.25, -0.2) is 15.0 Å². The van der Waals surface area contributed by atoms with Crippen LogP contribution in [0, 0.1) is 0 Å². The number of rotatable bonds is 5. The van der Waals surface area contributed by atoms with E-state index in [1.807, 2.05) is 34.9 Å². The summed E-state index contributed by atoms with van der Waals surface area (Å²) in [7, 11) is 0. The second-order valence-electron chi connectivity index (χ2n) is 7.49. The van der Waals surface area contributed by atoms with Gasteiger partial charge < -0.3 is 19.7 Å². The van der Waals surface area contributed by atoms with Gasteiger partial charge in [0.2, 0.25) is 11.9 Å². The highest BCUT2D eigenvalue weighted by Crippen LogP contribution is 2.18. The number of nitrogens with zero attached hydrogens (tertiary/aromatic N) is 6. The predicted molar refractivity (Wildman–Crippen MR) is 121 cm³/mol. The molecule has 8 nitrogen and oxygen atoms in total. The van der Waals surface area contributed by atoms with Gasteiger partial charge >= 0.3 is 0 Å². The molecule has 4 aromatic rings. The summed E-state index contributed by atoms with van der Waals surface area (Å²) in [6.45, 7) is 3.74. The molecule has 1 amide bonds. The lowest BCUT2D eigenvalue weighted by atomic mass is 10.2. The lowest BCUT2D eigenvalue weighted by Crippen LogP contribution is -2.47. The van der Waals surface area contributed by atoms with Gasteiger partial charge in [-0.3, -0.25) is 4.79 Å². The fraction of sp³-hybridized carbons (Fsp3) is 0.217. The molecule has 2 aromatic heterocycles. The summed E-state index contributed by atoms with van der Waals surface area (Å²) in [4.78, 5) is 30.2. The second kappa shape index (κ2) is 8.43. The molecule has 0 aliphatic carbocycles. The van der Waals surface area contributed by atoms with Crippen molar-refractivity contribution in [2.75, 3.05) is 41.3 Å². The third kappa shape index (κ3) is 4.18. The molecular weight excluding hydrogens is 390 g/mol. The molecule has 0 atom stereocenters. The van der Waals surface area contributed by atoms with Crippen molar-refractivity contribution < 1.29 is 4.79 Å². The molecule has 3 heterocycles. The second-order valence-corrected chi connectivity index (χ2v) is 7.49. The van der Waals surface area contributed by atoms with Gasteiger partial charge in [-0.15, -0.1) is 0 Å². The molecule has 156 valence electrons. The number of hydrogen-bond acceptors (Lipinski definition) is 6. The molecule has 0 saturated carbocycles. The number of carbonyl (C=O) groups excluding carboxylic acids is 1. The number of amides is 1. The van der Waals surface area contributed by atoms with Gasteiger partial charge in [0, 0.05) is 31.9 Å². The molecule has 0 unspecified atom stereocenters. The Hall–Kier alpha value is -3.94. The number of benzene rings is 2. The zero-order chi connectivity index (χ0) is 21.0. The molecule has 1 aliphatic rings. The van der Waals surface area contributed by atoms with E-state index in [4.69, 9.17) is 0 Å². The molecule has 1 aliphatic heterocycles. The average molecular weight is 413 g/mol. The van der Waals surface area contributed by atoms with E-state index in [9.17, 15) is 4.79 Å². The first-order valence-electron chi connectivity index (χ1n) is 10.3. The Balaban J connectivity index is 1.17. The molecule has 1 saturated heterocycles. The lowest BCUT2D eigenvalue weighted by molar-refractivity contribution is -0.116. The molecule has 1 fully saturated rings. The van der Waals surface area contributed by atoms with Gasteiger partial charge in [-0.2, -0.15) is 0 Å². The highest BCUT2D eigenvalue weighted by Gasteiger charge is 2.19. The smallest absolute Gasteiger partial charge is 0.244 e. The number of piperazine rings is 1. The quantitative estimate of drug-likeness (QED) is 0.542. The minimum atomic E-state index is -0.143. The molecule has 1 N–H and O–H groups in total. The third-order valence-electron chi connectivity index (χ3n) is 5.45. The van der Waals surface area contributed by atoms with Gasteiger partial charge in [-0.1, -0.05) is 30.3 Å². The van der Waals surface area contributed by atoms with E-state index in [1.54, 1.807) is 18.7 Å². The van der Waals surface area contributed by atoms with Crippen molar-refractivity contribution >= 4 is 34.3 Å². The van der Waals surface area contributed by atoms with Crippen LogP contribution < -0.4 is 15.1 Å². The first kappa shape index (κ1) is 19.0. The normalized spacial score (nSPS) is 14.1. The van der Waals surface area contributed by atoms with Crippen molar-refractivity contribution in [3.05, 3.63) is 73.3 Å². The fourth-order valence-electron chi connectivity index (χ4n) is 3.84. The van der Waals surface area contributed by atoms with Crippen LogP contribution in [-0.4, -0.2) is 51.6 Å². The molecule has 2 aromatic carbocycles. The van der Waals surface area contributed by atoms with Crippen molar-refractivity contribution in [2.24, 2.45) is 0 Å². The largest absolute Gasteiger partial charge is 0.368 e. The van der Waals surface area contributed by atoms with Crippen molar-refractivity contribution in [1.29, 1.82) is 0 Å². The summed E-state index contributed by atoms with van der Waals surface area (Å²) in [6, 6.07) is 18.2. The minimum absolute atomic E-state index is 0.143. The lowest BCUT2D eigenvalue weighted by Gasteiger charge is -2.36. The number of carbonyl (C=O) groups is 1. The Labute approximate surface area is 180 Å². The number of anilines is 3. The van der Waals surface area contributed by atoms with E-state index in [0.29, 0.717) is 11.6 Å². The van der Waals surface area contributed by atoms with E-state index in [2.05, 4.69) is 54.3 Å². The first-order valence-corrected chi connectivity index (χ1v) is 10.3. The maximum Gasteiger partial charge on any atom is 0.244 e. The minimum Gasteiger partial charge on any atom is -0.368 e. The average Bonchev–Trinajstić information content (AvgIpc) is 3.23. The topological polar surface area (TPSA) is 79.2 Å². The highest BCUT2D eigenvalue weighted by molar-refractivity contribution is 5.91. The van der Waals surface area contributed by atoms with Crippen LogP contribution >= 0.6 is 0 Å². The zero-order valence-corrected chi connectivity index (χ0v) is 17.1. The van der Waals surface area contributed by atoms with E-state index in [0.717, 1.165) is 37.2 Å². The highest BCUT2D eigenvalue weighted by atomic mass is 16.1. The number of hydrogen-bond donors (Lipinski definition) is 1. The van der Waals surface area contributed by atoms with Gasteiger partial charge in [0.25, 0.3) is 0 Å². The molecular formula is C23H23N7O. The Morgan fingerprint density at radius 1 is 0.839 bits per heavy atom. The van der Waals surface area contributed by atoms with Crippen molar-refractivity contribution in [3.63, 3.8) is 0 Å². The van der Waals surface area contributed by atoms with Crippen LogP contribution in [0.1, 0.15) is 0 Å². The Bertz CT molecular complexity index is 1170. The maximum absolute atomic E-state index is 12.4. The van der Waals surface area contributed by atoms with Gasteiger partial charge in [0.05, 0.1) is 35.4 Å². The predicted octanol–water partition coefficient (Wildman–Crippen LogP) is 2.79. The standard InChI is InChI=1S/C23H23N7O/c31-22(16-30-17-26-20-8-4-5-9-21(20)30)27-18-14-24-23(25-15-18)29-12-10-28(11-13-29)19-6-2-1-3-7-19/h1-9,14-15,17H,10-13,16H2,(H,27,31). The fourth-order valence-corrected chi connectivity index (χ4v) is 3.84. The van der Waals surface area contributed by atoms with E-state index in [1.165, 1.54) is 5.69 Å². The van der Waals surface area contributed by atoms with Crippen LogP contribution in [0.25, 0.3) is 11.0 Å². The van der Waals surface area contributed by atoms with Gasteiger partial charge in [0.15, 0.2) is 0 Å². The van der Waals surface area contributed by atoms with Crippen LogP contribution in [-0.2, 0) is 11.3 Å². The van der Waals surface area contributed by atoms with E-state index >= 15 is 0 Å². The van der Waals surface area contributed by atoms with Crippen molar-refractivity contribution in [2.45, 2.75) is 6.54 Å². The van der Waals surface area contributed by atoms with Crippen LogP contribution in [0.2, 0.25) is 0 Å². The molecule has 5 rings (SSSR count). The van der Waals surface area contributed by atoms with Gasteiger partial charge in [0.1, 0.15) is 6.54 Å². The van der Waals surface area contributed by atoms with Crippen molar-refractivity contribution in [3.8, 4) is 0 Å². The summed E-state index contributed by atoms with van der Waals surface area (Å²) >= 11 is 0. The van der Waals surface area contributed by atoms with E-state index in [-0.39, 0.29) is 12.5 Å². The van der Waals surface area contributed by atoms with Crippen molar-refractivity contribution in [1.82, 2.24) is 19.5 Å². The van der Waals surface area contributed by atoms with E-state index < -0.39 is 0 Å². The number of aromatic nitrogens is 4. The number of nitrogens with one attached hydrogen (secondary N) is 1.